The third-order valence-electron chi connectivity index (χ3n) is 4.17. The van der Waals surface area contributed by atoms with E-state index in [1.807, 2.05) is 19.9 Å². The molecule has 0 bridgehead atoms. The number of rotatable bonds is 6. The first-order chi connectivity index (χ1) is 11.8. The van der Waals surface area contributed by atoms with Gasteiger partial charge in [-0.3, -0.25) is 4.90 Å². The maximum Gasteiger partial charge on any atom is 0.418 e. The Morgan fingerprint density at radius 2 is 1.92 bits per heavy atom. The highest BCUT2D eigenvalue weighted by Gasteiger charge is 2.33. The number of nitrogens with one attached hydrogen (secondary N) is 1. The van der Waals surface area contributed by atoms with Crippen LogP contribution in [0.2, 0.25) is 0 Å². The molecule has 0 spiro atoms. The van der Waals surface area contributed by atoms with Gasteiger partial charge in [-0.25, -0.2) is 0 Å². The standard InChI is InChI=1S/C18H24F3N3O/c1-13-11-24(12-14(2)25-13)8-4-3-7-23-17-9-15(10-22)5-6-16(17)18(19,20)21/h5-6,9,13-14,23H,3-4,7-8,11-12H2,1-2H3. The molecule has 2 rings (SSSR count). The summed E-state index contributed by atoms with van der Waals surface area (Å²) >= 11 is 0. The van der Waals surface area contributed by atoms with Crippen molar-refractivity contribution in [1.29, 1.82) is 5.26 Å². The topological polar surface area (TPSA) is 48.3 Å². The predicted molar refractivity (Wildman–Crippen MR) is 90.3 cm³/mol. The number of nitrogens with zero attached hydrogens (tertiary/aromatic N) is 2. The van der Waals surface area contributed by atoms with Gasteiger partial charge < -0.3 is 10.1 Å². The zero-order valence-electron chi connectivity index (χ0n) is 14.6. The number of unbranched alkanes of at least 4 members (excludes halogenated alkanes) is 1. The van der Waals surface area contributed by atoms with Crippen LogP contribution in [-0.4, -0.2) is 43.3 Å². The molecule has 25 heavy (non-hydrogen) atoms. The van der Waals surface area contributed by atoms with Crippen LogP contribution in [0.15, 0.2) is 18.2 Å². The van der Waals surface area contributed by atoms with Crippen LogP contribution in [0, 0.1) is 11.3 Å². The molecule has 0 radical (unpaired) electrons. The lowest BCUT2D eigenvalue weighted by atomic mass is 10.1. The Kier molecular flexibility index (Phi) is 6.68. The van der Waals surface area contributed by atoms with Gasteiger partial charge in [0.25, 0.3) is 0 Å². The van der Waals surface area contributed by atoms with Crippen LogP contribution in [0.1, 0.15) is 37.8 Å². The van der Waals surface area contributed by atoms with E-state index in [0.717, 1.165) is 38.5 Å². The van der Waals surface area contributed by atoms with Crippen LogP contribution in [0.3, 0.4) is 0 Å². The molecule has 0 aromatic heterocycles. The van der Waals surface area contributed by atoms with Crippen LogP contribution >= 0.6 is 0 Å². The van der Waals surface area contributed by atoms with Crippen molar-refractivity contribution in [2.24, 2.45) is 0 Å². The number of nitriles is 1. The largest absolute Gasteiger partial charge is 0.418 e. The van der Waals surface area contributed by atoms with Gasteiger partial charge in [0, 0.05) is 25.3 Å². The van der Waals surface area contributed by atoms with E-state index < -0.39 is 11.7 Å². The zero-order valence-corrected chi connectivity index (χ0v) is 14.6. The molecule has 1 heterocycles. The molecule has 2 unspecified atom stereocenters. The number of alkyl halides is 3. The second-order valence-corrected chi connectivity index (χ2v) is 6.52. The lowest BCUT2D eigenvalue weighted by molar-refractivity contribution is -0.136. The molecule has 1 saturated heterocycles. The molecule has 0 amide bonds. The highest BCUT2D eigenvalue weighted by atomic mass is 19.4. The van der Waals surface area contributed by atoms with Crippen molar-refractivity contribution in [3.05, 3.63) is 29.3 Å². The van der Waals surface area contributed by atoms with Gasteiger partial charge in [0.05, 0.1) is 29.4 Å². The van der Waals surface area contributed by atoms with E-state index in [-0.39, 0.29) is 23.5 Å². The molecule has 1 aliphatic heterocycles. The molecular formula is C18H24F3N3O. The third-order valence-corrected chi connectivity index (χ3v) is 4.17. The minimum absolute atomic E-state index is 0.0276. The summed E-state index contributed by atoms with van der Waals surface area (Å²) in [6, 6.07) is 5.28. The zero-order chi connectivity index (χ0) is 18.4. The summed E-state index contributed by atoms with van der Waals surface area (Å²) < 4.78 is 44.8. The maximum atomic E-state index is 13.0. The van der Waals surface area contributed by atoms with E-state index in [4.69, 9.17) is 10.00 Å². The lowest BCUT2D eigenvalue weighted by Crippen LogP contribution is -2.45. The molecule has 1 fully saturated rings. The Morgan fingerprint density at radius 1 is 1.24 bits per heavy atom. The second kappa shape index (κ2) is 8.54. The first-order valence-corrected chi connectivity index (χ1v) is 8.52. The summed E-state index contributed by atoms with van der Waals surface area (Å²) in [5.41, 5.74) is -0.547. The van der Waals surface area contributed by atoms with Gasteiger partial charge in [0.15, 0.2) is 0 Å². The summed E-state index contributed by atoms with van der Waals surface area (Å²) in [5.74, 6) is 0. The average Bonchev–Trinajstić information content (AvgIpc) is 2.52. The number of hydrogen-bond acceptors (Lipinski definition) is 4. The van der Waals surface area contributed by atoms with Crippen molar-refractivity contribution in [3.63, 3.8) is 0 Å². The third kappa shape index (κ3) is 5.91. The highest BCUT2D eigenvalue weighted by Crippen LogP contribution is 2.35. The Balaban J connectivity index is 1.82. The minimum atomic E-state index is -4.43. The van der Waals surface area contributed by atoms with Gasteiger partial charge in [0.2, 0.25) is 0 Å². The summed E-state index contributed by atoms with van der Waals surface area (Å²) in [7, 11) is 0. The Bertz CT molecular complexity index is 603. The summed E-state index contributed by atoms with van der Waals surface area (Å²) in [6.07, 6.45) is -2.36. The minimum Gasteiger partial charge on any atom is -0.385 e. The number of morpholine rings is 1. The van der Waals surface area contributed by atoms with E-state index in [0.29, 0.717) is 6.54 Å². The average molecular weight is 355 g/mol. The fourth-order valence-electron chi connectivity index (χ4n) is 3.16. The molecule has 1 aromatic rings. The number of ether oxygens (including phenoxy) is 1. The van der Waals surface area contributed by atoms with Crippen LogP contribution < -0.4 is 5.32 Å². The molecule has 138 valence electrons. The molecule has 2 atom stereocenters. The van der Waals surface area contributed by atoms with Crippen molar-refractivity contribution in [1.82, 2.24) is 4.90 Å². The number of benzene rings is 1. The molecule has 1 aromatic carbocycles. The van der Waals surface area contributed by atoms with Gasteiger partial charge >= 0.3 is 6.18 Å². The second-order valence-electron chi connectivity index (χ2n) is 6.52. The Hall–Kier alpha value is -1.78. The van der Waals surface area contributed by atoms with Crippen molar-refractivity contribution >= 4 is 5.69 Å². The molecule has 0 saturated carbocycles. The van der Waals surface area contributed by atoms with Crippen molar-refractivity contribution < 1.29 is 17.9 Å². The molecule has 1 aliphatic rings. The van der Waals surface area contributed by atoms with E-state index in [1.165, 1.54) is 12.1 Å². The fraction of sp³-hybridized carbons (Fsp3) is 0.611. The van der Waals surface area contributed by atoms with Gasteiger partial charge in [-0.15, -0.1) is 0 Å². The first-order valence-electron chi connectivity index (χ1n) is 8.52. The normalized spacial score (nSPS) is 21.8. The quantitative estimate of drug-likeness (QED) is 0.787. The van der Waals surface area contributed by atoms with E-state index >= 15 is 0 Å². The number of halogens is 3. The molecular weight excluding hydrogens is 331 g/mol. The SMILES string of the molecule is CC1CN(CCCCNc2cc(C#N)ccc2C(F)(F)F)CC(C)O1. The number of hydrogen-bond donors (Lipinski definition) is 1. The van der Waals surface area contributed by atoms with Crippen LogP contribution in [-0.2, 0) is 10.9 Å². The monoisotopic (exact) mass is 355 g/mol. The molecule has 1 N–H and O–H groups in total. The maximum absolute atomic E-state index is 13.0. The van der Waals surface area contributed by atoms with Gasteiger partial charge in [-0.1, -0.05) is 0 Å². The van der Waals surface area contributed by atoms with Crippen LogP contribution in [0.25, 0.3) is 0 Å². The summed E-state index contributed by atoms with van der Waals surface area (Å²) in [6.45, 7) is 7.22. The molecule has 4 nitrogen and oxygen atoms in total. The summed E-state index contributed by atoms with van der Waals surface area (Å²) in [4.78, 5) is 2.33. The van der Waals surface area contributed by atoms with E-state index in [2.05, 4.69) is 10.2 Å². The van der Waals surface area contributed by atoms with Crippen LogP contribution in [0.5, 0.6) is 0 Å². The van der Waals surface area contributed by atoms with Crippen LogP contribution in [0.4, 0.5) is 18.9 Å². The van der Waals surface area contributed by atoms with E-state index in [1.54, 1.807) is 0 Å². The summed E-state index contributed by atoms with van der Waals surface area (Å²) in [5, 5.41) is 11.7. The van der Waals surface area contributed by atoms with Gasteiger partial charge in [-0.05, 0) is 51.4 Å². The van der Waals surface area contributed by atoms with Crippen molar-refractivity contribution in [3.8, 4) is 6.07 Å². The number of anilines is 1. The molecule has 7 heteroatoms. The van der Waals surface area contributed by atoms with Crippen molar-refractivity contribution in [2.45, 2.75) is 45.1 Å². The first kappa shape index (κ1) is 19.5. The Labute approximate surface area is 146 Å². The van der Waals surface area contributed by atoms with Crippen molar-refractivity contribution in [2.75, 3.05) is 31.5 Å². The van der Waals surface area contributed by atoms with Gasteiger partial charge in [-0.2, -0.15) is 18.4 Å². The molecule has 0 aliphatic carbocycles. The lowest BCUT2D eigenvalue weighted by Gasteiger charge is -2.35. The Morgan fingerprint density at radius 3 is 2.52 bits per heavy atom. The highest BCUT2D eigenvalue weighted by molar-refractivity contribution is 5.56. The predicted octanol–water partition coefficient (Wildman–Crippen LogP) is 3.88. The van der Waals surface area contributed by atoms with Gasteiger partial charge in [0.1, 0.15) is 0 Å². The fourth-order valence-corrected chi connectivity index (χ4v) is 3.16. The smallest absolute Gasteiger partial charge is 0.385 e. The van der Waals surface area contributed by atoms with E-state index in [9.17, 15) is 13.2 Å².